The number of carboxylic acid groups (broad SMARTS) is 1. The fraction of sp³-hybridized carbons (Fsp3) is 0.348. The number of aliphatic hydroxyl groups is 1. The quantitative estimate of drug-likeness (QED) is 0.518. The molecule has 0 aliphatic rings. The zero-order valence-corrected chi connectivity index (χ0v) is 16.5. The number of nitrogens with one attached hydrogen (secondary N) is 1. The van der Waals surface area contributed by atoms with E-state index >= 15 is 0 Å². The monoisotopic (exact) mass is 383 g/mol. The third-order valence-electron chi connectivity index (χ3n) is 4.50. The molecule has 2 aromatic rings. The largest absolute Gasteiger partial charge is 0.491 e. The van der Waals surface area contributed by atoms with E-state index in [1.54, 1.807) is 31.2 Å². The van der Waals surface area contributed by atoms with Crippen molar-refractivity contribution in [1.29, 1.82) is 0 Å². The fourth-order valence-electron chi connectivity index (χ4n) is 2.80. The first-order valence-electron chi connectivity index (χ1n) is 9.54. The molecule has 0 heterocycles. The molecule has 2 rings (SSSR count). The summed E-state index contributed by atoms with van der Waals surface area (Å²) in [5, 5.41) is 22.3. The fourth-order valence-corrected chi connectivity index (χ4v) is 2.80. The van der Waals surface area contributed by atoms with Gasteiger partial charge in [-0.3, -0.25) is 0 Å². The predicted molar refractivity (Wildman–Crippen MR) is 111 cm³/mol. The van der Waals surface area contributed by atoms with Crippen LogP contribution >= 0.6 is 0 Å². The Labute approximate surface area is 166 Å². The molecule has 2 unspecified atom stereocenters. The van der Waals surface area contributed by atoms with Crippen LogP contribution in [0.4, 0.5) is 0 Å². The molecule has 5 nitrogen and oxygen atoms in total. The summed E-state index contributed by atoms with van der Waals surface area (Å²) in [6.45, 7) is 4.52. The molecule has 150 valence electrons. The Morgan fingerprint density at radius 3 is 2.46 bits per heavy atom. The van der Waals surface area contributed by atoms with Crippen molar-refractivity contribution in [3.05, 3.63) is 71.8 Å². The van der Waals surface area contributed by atoms with Gasteiger partial charge in [0.25, 0.3) is 0 Å². The Hall–Kier alpha value is -2.63. The van der Waals surface area contributed by atoms with Crippen LogP contribution in [-0.2, 0) is 11.2 Å². The molecule has 2 aromatic carbocycles. The molecule has 0 saturated heterocycles. The summed E-state index contributed by atoms with van der Waals surface area (Å²) in [5.74, 6) is -0.325. The maximum Gasteiger partial charge on any atom is 0.328 e. The van der Waals surface area contributed by atoms with Gasteiger partial charge in [-0.1, -0.05) is 42.5 Å². The van der Waals surface area contributed by atoms with Gasteiger partial charge in [-0.25, -0.2) is 4.79 Å². The molecule has 0 spiro atoms. The van der Waals surface area contributed by atoms with Gasteiger partial charge in [-0.15, -0.1) is 0 Å². The van der Waals surface area contributed by atoms with Crippen LogP contribution in [0, 0.1) is 0 Å². The molecular weight excluding hydrogens is 354 g/mol. The molecule has 5 heteroatoms. The second kappa shape index (κ2) is 11.3. The van der Waals surface area contributed by atoms with Crippen molar-refractivity contribution in [2.45, 2.75) is 38.8 Å². The number of hydrogen-bond donors (Lipinski definition) is 3. The lowest BCUT2D eigenvalue weighted by Gasteiger charge is -2.18. The lowest BCUT2D eigenvalue weighted by Crippen LogP contribution is -2.36. The Bertz CT molecular complexity index is 756. The molecule has 0 amide bonds. The van der Waals surface area contributed by atoms with E-state index in [1.807, 2.05) is 18.2 Å². The van der Waals surface area contributed by atoms with Crippen LogP contribution < -0.4 is 10.1 Å². The molecule has 0 radical (unpaired) electrons. The first-order valence-corrected chi connectivity index (χ1v) is 9.54. The number of carbonyl (C=O) groups is 1. The topological polar surface area (TPSA) is 78.8 Å². The van der Waals surface area contributed by atoms with E-state index in [9.17, 15) is 9.90 Å². The van der Waals surface area contributed by atoms with E-state index in [1.165, 1.54) is 11.6 Å². The molecule has 0 saturated carbocycles. The summed E-state index contributed by atoms with van der Waals surface area (Å²) in [6, 6.07) is 17.8. The average molecular weight is 383 g/mol. The number of aliphatic hydroxyl groups excluding tert-OH is 1. The van der Waals surface area contributed by atoms with Gasteiger partial charge in [0, 0.05) is 18.7 Å². The highest BCUT2D eigenvalue weighted by Gasteiger charge is 2.09. The van der Waals surface area contributed by atoms with Crippen LogP contribution in [0.1, 0.15) is 31.4 Å². The smallest absolute Gasteiger partial charge is 0.328 e. The highest BCUT2D eigenvalue weighted by atomic mass is 16.5. The Morgan fingerprint density at radius 2 is 1.82 bits per heavy atom. The first kappa shape index (κ1) is 21.7. The summed E-state index contributed by atoms with van der Waals surface area (Å²) in [7, 11) is 0. The van der Waals surface area contributed by atoms with E-state index in [2.05, 4.69) is 24.4 Å². The van der Waals surface area contributed by atoms with Crippen LogP contribution in [0.25, 0.3) is 5.57 Å². The number of rotatable bonds is 11. The van der Waals surface area contributed by atoms with Crippen LogP contribution in [0.5, 0.6) is 5.75 Å². The van der Waals surface area contributed by atoms with E-state index in [-0.39, 0.29) is 6.61 Å². The number of aryl methyl sites for hydroxylation is 1. The van der Waals surface area contributed by atoms with Crippen LogP contribution in [0.15, 0.2) is 60.7 Å². The summed E-state index contributed by atoms with van der Waals surface area (Å²) in [5.41, 5.74) is 2.81. The number of benzene rings is 2. The van der Waals surface area contributed by atoms with E-state index in [0.717, 1.165) is 18.4 Å². The van der Waals surface area contributed by atoms with Crippen molar-refractivity contribution in [1.82, 2.24) is 5.32 Å². The van der Waals surface area contributed by atoms with Gasteiger partial charge in [0.2, 0.25) is 0 Å². The van der Waals surface area contributed by atoms with Gasteiger partial charge in [0.1, 0.15) is 18.5 Å². The van der Waals surface area contributed by atoms with Gasteiger partial charge in [-0.05, 0) is 55.5 Å². The standard InChI is InChI=1S/C23H29NO4/c1-17(14-23(26)27)20-10-12-22(13-11-20)28-16-21(25)15-24-18(2)8-9-19-6-4-3-5-7-19/h3-7,10-14,18,21,24-25H,8-9,15-16H2,1-2H3,(H,26,27). The van der Waals surface area contributed by atoms with Gasteiger partial charge in [0.05, 0.1) is 0 Å². The number of hydrogen-bond acceptors (Lipinski definition) is 4. The van der Waals surface area contributed by atoms with Crippen molar-refractivity contribution < 1.29 is 19.7 Å². The van der Waals surface area contributed by atoms with Crippen molar-refractivity contribution in [3.8, 4) is 5.75 Å². The second-order valence-electron chi connectivity index (χ2n) is 6.99. The normalized spacial score (nSPS) is 13.8. The minimum Gasteiger partial charge on any atom is -0.491 e. The predicted octanol–water partition coefficient (Wildman–Crippen LogP) is 3.53. The number of allylic oxidation sites excluding steroid dienone is 1. The molecule has 28 heavy (non-hydrogen) atoms. The van der Waals surface area contributed by atoms with Crippen molar-refractivity contribution in [2.24, 2.45) is 0 Å². The Kier molecular flexibility index (Phi) is 8.72. The van der Waals surface area contributed by atoms with Gasteiger partial charge in [0.15, 0.2) is 0 Å². The minimum atomic E-state index is -0.966. The Balaban J connectivity index is 1.69. The van der Waals surface area contributed by atoms with Crippen LogP contribution in [-0.4, -0.2) is 41.5 Å². The molecular formula is C23H29NO4. The lowest BCUT2D eigenvalue weighted by molar-refractivity contribution is -0.131. The molecule has 3 N–H and O–H groups in total. The van der Waals surface area contributed by atoms with Crippen LogP contribution in [0.2, 0.25) is 0 Å². The van der Waals surface area contributed by atoms with Crippen molar-refractivity contribution in [3.63, 3.8) is 0 Å². The third-order valence-corrected chi connectivity index (χ3v) is 4.50. The summed E-state index contributed by atoms with van der Waals surface area (Å²) in [6.07, 6.45) is 2.57. The van der Waals surface area contributed by atoms with Crippen LogP contribution in [0.3, 0.4) is 0 Å². The molecule has 0 aliphatic carbocycles. The molecule has 0 bridgehead atoms. The zero-order chi connectivity index (χ0) is 20.4. The third kappa shape index (κ3) is 7.94. The van der Waals surface area contributed by atoms with Crippen molar-refractivity contribution in [2.75, 3.05) is 13.2 Å². The number of carboxylic acids is 1. The SMILES string of the molecule is CC(=CC(=O)O)c1ccc(OCC(O)CNC(C)CCc2ccccc2)cc1. The van der Waals surface area contributed by atoms with E-state index in [4.69, 9.17) is 9.84 Å². The molecule has 0 aromatic heterocycles. The molecule has 0 fully saturated rings. The van der Waals surface area contributed by atoms with Crippen molar-refractivity contribution >= 4 is 11.5 Å². The lowest BCUT2D eigenvalue weighted by atomic mass is 10.1. The number of ether oxygens (including phenoxy) is 1. The van der Waals surface area contributed by atoms with E-state index in [0.29, 0.717) is 23.9 Å². The first-order chi connectivity index (χ1) is 13.4. The van der Waals surface area contributed by atoms with E-state index < -0.39 is 12.1 Å². The average Bonchev–Trinajstić information content (AvgIpc) is 2.69. The summed E-state index contributed by atoms with van der Waals surface area (Å²) >= 11 is 0. The molecule has 2 atom stereocenters. The summed E-state index contributed by atoms with van der Waals surface area (Å²) < 4.78 is 5.62. The van der Waals surface area contributed by atoms with Gasteiger partial charge in [-0.2, -0.15) is 0 Å². The zero-order valence-electron chi connectivity index (χ0n) is 16.5. The maximum atomic E-state index is 10.7. The highest BCUT2D eigenvalue weighted by Crippen LogP contribution is 2.18. The molecule has 0 aliphatic heterocycles. The minimum absolute atomic E-state index is 0.196. The Morgan fingerprint density at radius 1 is 1.14 bits per heavy atom. The summed E-state index contributed by atoms with van der Waals surface area (Å²) in [4.78, 5) is 10.7. The second-order valence-corrected chi connectivity index (χ2v) is 6.99. The maximum absolute atomic E-state index is 10.7. The van der Waals surface area contributed by atoms with Gasteiger partial charge >= 0.3 is 5.97 Å². The number of aliphatic carboxylic acids is 1. The highest BCUT2D eigenvalue weighted by molar-refractivity contribution is 5.89. The van der Waals surface area contributed by atoms with Gasteiger partial charge < -0.3 is 20.3 Å².